The molecule has 2 aliphatic heterocycles. The number of rotatable bonds is 6. The van der Waals surface area contributed by atoms with Gasteiger partial charge < -0.3 is 15.2 Å². The minimum Gasteiger partial charge on any atom is -0.354 e. The van der Waals surface area contributed by atoms with Crippen LogP contribution in [0.2, 0.25) is 0 Å². The van der Waals surface area contributed by atoms with Crippen molar-refractivity contribution in [1.82, 2.24) is 25.1 Å². The van der Waals surface area contributed by atoms with Crippen molar-refractivity contribution in [3.05, 3.63) is 17.7 Å². The number of H-pyrrole nitrogens is 1. The van der Waals surface area contributed by atoms with Crippen LogP contribution < -0.4 is 5.32 Å². The molecule has 3 heterocycles. The lowest BCUT2D eigenvalue weighted by Gasteiger charge is -2.32. The zero-order valence-electron chi connectivity index (χ0n) is 14.4. The summed E-state index contributed by atoms with van der Waals surface area (Å²) in [6, 6.07) is 0. The van der Waals surface area contributed by atoms with Gasteiger partial charge in [0.1, 0.15) is 5.82 Å². The van der Waals surface area contributed by atoms with E-state index in [9.17, 15) is 9.59 Å². The van der Waals surface area contributed by atoms with Gasteiger partial charge in [-0.05, 0) is 38.6 Å². The molecule has 1 aromatic heterocycles. The van der Waals surface area contributed by atoms with Gasteiger partial charge in [-0.15, -0.1) is 0 Å². The second kappa shape index (κ2) is 7.79. The highest BCUT2D eigenvalue weighted by Gasteiger charge is 2.24. The third-order valence-electron chi connectivity index (χ3n) is 4.83. The van der Waals surface area contributed by atoms with E-state index >= 15 is 0 Å². The lowest BCUT2D eigenvalue weighted by molar-refractivity contribution is -0.133. The molecular weight excluding hydrogens is 306 g/mol. The van der Waals surface area contributed by atoms with Crippen LogP contribution in [-0.2, 0) is 16.1 Å². The van der Waals surface area contributed by atoms with Crippen LogP contribution in [-0.4, -0.2) is 64.3 Å². The SMILES string of the molecule is Cc1cnc(CN2CCCC(CNC(=O)CN3CCCC3=O)C2)[nH]1. The van der Waals surface area contributed by atoms with Gasteiger partial charge in [0.15, 0.2) is 0 Å². The molecule has 24 heavy (non-hydrogen) atoms. The van der Waals surface area contributed by atoms with E-state index in [1.165, 1.54) is 0 Å². The molecule has 1 unspecified atom stereocenters. The fourth-order valence-electron chi connectivity index (χ4n) is 3.58. The zero-order valence-corrected chi connectivity index (χ0v) is 14.4. The third-order valence-corrected chi connectivity index (χ3v) is 4.83. The summed E-state index contributed by atoms with van der Waals surface area (Å²) in [5.74, 6) is 1.53. The highest BCUT2D eigenvalue weighted by molar-refractivity contribution is 5.85. The molecule has 2 N–H and O–H groups in total. The summed E-state index contributed by atoms with van der Waals surface area (Å²) >= 11 is 0. The summed E-state index contributed by atoms with van der Waals surface area (Å²) in [7, 11) is 0. The Bertz CT molecular complexity index is 585. The van der Waals surface area contributed by atoms with Gasteiger partial charge in [0.2, 0.25) is 11.8 Å². The van der Waals surface area contributed by atoms with E-state index in [1.54, 1.807) is 4.90 Å². The summed E-state index contributed by atoms with van der Waals surface area (Å²) in [6.45, 7) is 6.51. The topological polar surface area (TPSA) is 81.3 Å². The van der Waals surface area contributed by atoms with Crippen molar-refractivity contribution in [3.63, 3.8) is 0 Å². The van der Waals surface area contributed by atoms with Crippen LogP contribution in [0.3, 0.4) is 0 Å². The molecule has 7 heteroatoms. The first-order valence-electron chi connectivity index (χ1n) is 8.87. The van der Waals surface area contributed by atoms with Crippen LogP contribution in [0.5, 0.6) is 0 Å². The third kappa shape index (κ3) is 4.56. The van der Waals surface area contributed by atoms with Crippen LogP contribution in [0.25, 0.3) is 0 Å². The summed E-state index contributed by atoms with van der Waals surface area (Å²) in [5.41, 5.74) is 1.09. The molecule has 2 fully saturated rings. The largest absolute Gasteiger partial charge is 0.354 e. The normalized spacial score (nSPS) is 22.1. The Kier molecular flexibility index (Phi) is 5.50. The number of hydrogen-bond donors (Lipinski definition) is 2. The van der Waals surface area contributed by atoms with E-state index < -0.39 is 0 Å². The Labute approximate surface area is 142 Å². The number of piperidine rings is 1. The van der Waals surface area contributed by atoms with Crippen molar-refractivity contribution >= 4 is 11.8 Å². The van der Waals surface area contributed by atoms with Crippen LogP contribution in [0.1, 0.15) is 37.2 Å². The number of likely N-dealkylation sites (tertiary alicyclic amines) is 2. The summed E-state index contributed by atoms with van der Waals surface area (Å²) in [4.78, 5) is 35.3. The number of aromatic nitrogens is 2. The Balaban J connectivity index is 1.40. The molecule has 1 atom stereocenters. The molecule has 0 bridgehead atoms. The maximum absolute atomic E-state index is 12.0. The molecule has 0 aromatic carbocycles. The number of amides is 2. The Morgan fingerprint density at radius 3 is 3.00 bits per heavy atom. The van der Waals surface area contributed by atoms with Crippen molar-refractivity contribution in [3.8, 4) is 0 Å². The molecule has 2 saturated heterocycles. The fourth-order valence-corrected chi connectivity index (χ4v) is 3.58. The maximum Gasteiger partial charge on any atom is 0.239 e. The smallest absolute Gasteiger partial charge is 0.239 e. The first-order valence-corrected chi connectivity index (χ1v) is 8.87. The number of carbonyl (C=O) groups excluding carboxylic acids is 2. The van der Waals surface area contributed by atoms with Crippen LogP contribution in [0.4, 0.5) is 0 Å². The first-order chi connectivity index (χ1) is 11.6. The van der Waals surface area contributed by atoms with Crippen molar-refractivity contribution in [2.24, 2.45) is 5.92 Å². The van der Waals surface area contributed by atoms with Crippen molar-refractivity contribution in [1.29, 1.82) is 0 Å². The minimum atomic E-state index is -0.0379. The van der Waals surface area contributed by atoms with E-state index in [0.29, 0.717) is 25.4 Å². The number of hydrogen-bond acceptors (Lipinski definition) is 4. The average molecular weight is 333 g/mol. The molecule has 7 nitrogen and oxygen atoms in total. The standard InChI is InChI=1S/C17H27N5O2/c1-13-8-18-15(20-13)11-21-6-2-4-14(10-21)9-19-16(23)12-22-7-3-5-17(22)24/h8,14H,2-7,9-12H2,1H3,(H,18,20)(H,19,23). The average Bonchev–Trinajstić information content (AvgIpc) is 3.15. The number of aryl methyl sites for hydroxylation is 1. The lowest BCUT2D eigenvalue weighted by Crippen LogP contribution is -2.43. The fraction of sp³-hybridized carbons (Fsp3) is 0.706. The second-order valence-corrected chi connectivity index (χ2v) is 6.98. The highest BCUT2D eigenvalue weighted by Crippen LogP contribution is 2.17. The maximum atomic E-state index is 12.0. The molecule has 2 amide bonds. The quantitative estimate of drug-likeness (QED) is 0.802. The second-order valence-electron chi connectivity index (χ2n) is 6.98. The molecule has 0 aliphatic carbocycles. The number of nitrogens with zero attached hydrogens (tertiary/aromatic N) is 3. The Hall–Kier alpha value is -1.89. The molecule has 0 saturated carbocycles. The van der Waals surface area contributed by atoms with E-state index in [4.69, 9.17) is 0 Å². The molecule has 132 valence electrons. The molecule has 0 radical (unpaired) electrons. The predicted molar refractivity (Wildman–Crippen MR) is 90.1 cm³/mol. The molecule has 2 aliphatic rings. The number of aromatic amines is 1. The lowest BCUT2D eigenvalue weighted by atomic mass is 9.98. The highest BCUT2D eigenvalue weighted by atomic mass is 16.2. The van der Waals surface area contributed by atoms with Gasteiger partial charge in [-0.25, -0.2) is 4.98 Å². The number of carbonyl (C=O) groups is 2. The van der Waals surface area contributed by atoms with Gasteiger partial charge in [0.25, 0.3) is 0 Å². The van der Waals surface area contributed by atoms with E-state index in [-0.39, 0.29) is 18.4 Å². The summed E-state index contributed by atoms with van der Waals surface area (Å²) in [6.07, 6.45) is 5.59. The van der Waals surface area contributed by atoms with Gasteiger partial charge in [0, 0.05) is 37.9 Å². The van der Waals surface area contributed by atoms with Gasteiger partial charge in [-0.1, -0.05) is 0 Å². The van der Waals surface area contributed by atoms with Gasteiger partial charge in [-0.3, -0.25) is 14.5 Å². The van der Waals surface area contributed by atoms with Gasteiger partial charge in [-0.2, -0.15) is 0 Å². The van der Waals surface area contributed by atoms with E-state index in [2.05, 4.69) is 20.2 Å². The predicted octanol–water partition coefficient (Wildman–Crippen LogP) is 0.669. The monoisotopic (exact) mass is 333 g/mol. The van der Waals surface area contributed by atoms with Crippen LogP contribution in [0.15, 0.2) is 6.20 Å². The van der Waals surface area contributed by atoms with Gasteiger partial charge in [0.05, 0.1) is 13.1 Å². The van der Waals surface area contributed by atoms with Crippen molar-refractivity contribution < 1.29 is 9.59 Å². The molecule has 3 rings (SSSR count). The van der Waals surface area contributed by atoms with E-state index in [0.717, 1.165) is 50.4 Å². The van der Waals surface area contributed by atoms with Crippen LogP contribution >= 0.6 is 0 Å². The molecule has 0 spiro atoms. The minimum absolute atomic E-state index is 0.0379. The first kappa shape index (κ1) is 17.0. The number of nitrogens with one attached hydrogen (secondary N) is 2. The Morgan fingerprint density at radius 2 is 2.29 bits per heavy atom. The van der Waals surface area contributed by atoms with Crippen molar-refractivity contribution in [2.45, 2.75) is 39.2 Å². The Morgan fingerprint density at radius 1 is 1.42 bits per heavy atom. The molecule has 1 aromatic rings. The van der Waals surface area contributed by atoms with Crippen LogP contribution in [0, 0.1) is 12.8 Å². The summed E-state index contributed by atoms with van der Waals surface area (Å²) < 4.78 is 0. The van der Waals surface area contributed by atoms with Gasteiger partial charge >= 0.3 is 0 Å². The van der Waals surface area contributed by atoms with Crippen molar-refractivity contribution in [2.75, 3.05) is 32.7 Å². The zero-order chi connectivity index (χ0) is 16.9. The molecular formula is C17H27N5O2. The number of imidazole rings is 1. The van der Waals surface area contributed by atoms with E-state index in [1.807, 2.05) is 13.1 Å². The summed E-state index contributed by atoms with van der Waals surface area (Å²) in [5, 5.41) is 3.01.